The van der Waals surface area contributed by atoms with E-state index in [1.165, 1.54) is 76.8 Å². The van der Waals surface area contributed by atoms with Crippen LogP contribution in [0.15, 0.2) is 42.6 Å². The molecule has 0 N–H and O–H groups in total. The summed E-state index contributed by atoms with van der Waals surface area (Å²) >= 11 is 0. The Labute approximate surface area is 189 Å². The Kier molecular flexibility index (Phi) is 3.94. The van der Waals surface area contributed by atoms with Gasteiger partial charge in [-0.1, -0.05) is 32.0 Å². The van der Waals surface area contributed by atoms with E-state index in [1.807, 2.05) is 0 Å². The van der Waals surface area contributed by atoms with E-state index in [0.717, 1.165) is 6.42 Å². The maximum atomic E-state index is 2.59. The summed E-state index contributed by atoms with van der Waals surface area (Å²) in [6.07, 6.45) is 3.34. The van der Waals surface area contributed by atoms with E-state index in [2.05, 4.69) is 100 Å². The molecule has 0 amide bonds. The molecule has 3 aromatic heterocycles. The van der Waals surface area contributed by atoms with Crippen LogP contribution in [0.4, 0.5) is 0 Å². The van der Waals surface area contributed by atoms with Crippen LogP contribution in [0.1, 0.15) is 41.7 Å². The summed E-state index contributed by atoms with van der Waals surface area (Å²) in [5.41, 5.74) is 12.5. The molecule has 3 heterocycles. The van der Waals surface area contributed by atoms with Crippen molar-refractivity contribution in [3.8, 4) is 0 Å². The number of nitrogens with zero attached hydrogens (tertiary/aromatic N) is 2. The highest BCUT2D eigenvalue weighted by molar-refractivity contribution is 6.28. The van der Waals surface area contributed by atoms with Crippen molar-refractivity contribution < 1.29 is 4.57 Å². The van der Waals surface area contributed by atoms with Crippen LogP contribution in [0.2, 0.25) is 0 Å². The van der Waals surface area contributed by atoms with Crippen LogP contribution in [0.3, 0.4) is 0 Å². The van der Waals surface area contributed by atoms with E-state index >= 15 is 0 Å². The first-order valence-electron chi connectivity index (χ1n) is 11.8. The van der Waals surface area contributed by atoms with Crippen LogP contribution in [0, 0.1) is 33.6 Å². The molecule has 0 aliphatic carbocycles. The number of fused-ring (bicyclic) bond motifs is 6. The third-order valence-corrected chi connectivity index (χ3v) is 7.86. The molecule has 0 bridgehead atoms. The van der Waals surface area contributed by atoms with Crippen molar-refractivity contribution in [2.45, 2.75) is 48.0 Å². The molecule has 2 heteroatoms. The van der Waals surface area contributed by atoms with Crippen LogP contribution in [0.5, 0.6) is 0 Å². The summed E-state index contributed by atoms with van der Waals surface area (Å²) in [5, 5.41) is 6.96. The zero-order valence-corrected chi connectivity index (χ0v) is 20.2. The van der Waals surface area contributed by atoms with Gasteiger partial charge in [-0.2, -0.15) is 0 Å². The van der Waals surface area contributed by atoms with E-state index in [1.54, 1.807) is 0 Å². The minimum Gasteiger partial charge on any atom is -0.307 e. The van der Waals surface area contributed by atoms with Crippen molar-refractivity contribution >= 4 is 49.0 Å². The molecule has 0 saturated carbocycles. The van der Waals surface area contributed by atoms with Crippen LogP contribution in [0.25, 0.3) is 49.0 Å². The van der Waals surface area contributed by atoms with Crippen molar-refractivity contribution in [3.63, 3.8) is 0 Å². The van der Waals surface area contributed by atoms with Crippen LogP contribution in [-0.2, 0) is 13.5 Å². The molecule has 0 saturated heterocycles. The van der Waals surface area contributed by atoms with E-state index in [0.29, 0.717) is 5.92 Å². The molecule has 3 aromatic carbocycles. The Morgan fingerprint density at radius 1 is 0.812 bits per heavy atom. The third-order valence-electron chi connectivity index (χ3n) is 7.86. The number of hydrogen-bond acceptors (Lipinski definition) is 0. The smallest absolute Gasteiger partial charge is 0.224 e. The molecule has 32 heavy (non-hydrogen) atoms. The monoisotopic (exact) mass is 419 g/mol. The maximum absolute atomic E-state index is 2.59. The number of benzene rings is 3. The molecule has 6 rings (SSSR count). The number of para-hydroxylation sites is 1. The summed E-state index contributed by atoms with van der Waals surface area (Å²) in [6.45, 7) is 13.8. The van der Waals surface area contributed by atoms with Gasteiger partial charge >= 0.3 is 0 Å². The highest BCUT2D eigenvalue weighted by Crippen LogP contribution is 2.44. The molecule has 0 unspecified atom stereocenters. The van der Waals surface area contributed by atoms with Crippen molar-refractivity contribution in [2.75, 3.05) is 0 Å². The lowest BCUT2D eigenvalue weighted by Gasteiger charge is -2.19. The molecule has 0 fully saturated rings. The zero-order valence-electron chi connectivity index (χ0n) is 20.2. The molecule has 2 nitrogen and oxygen atoms in total. The summed E-state index contributed by atoms with van der Waals surface area (Å²) in [6, 6.07) is 13.8. The van der Waals surface area contributed by atoms with Crippen molar-refractivity contribution in [3.05, 3.63) is 70.4 Å². The predicted molar refractivity (Wildman–Crippen MR) is 137 cm³/mol. The SMILES string of the molecule is Cc1c(C)c(C)c2c(c1C)c1c3c(cc[n+]1C)cc(CC(C)C)c1c4ccccc4n2c13. The van der Waals surface area contributed by atoms with Crippen LogP contribution < -0.4 is 4.57 Å². The molecule has 0 atom stereocenters. The number of aromatic nitrogens is 2. The first-order chi connectivity index (χ1) is 15.3. The topological polar surface area (TPSA) is 8.29 Å². The molecule has 6 aromatic rings. The van der Waals surface area contributed by atoms with Crippen LogP contribution in [-0.4, -0.2) is 4.40 Å². The van der Waals surface area contributed by atoms with Gasteiger partial charge < -0.3 is 4.40 Å². The summed E-state index contributed by atoms with van der Waals surface area (Å²) in [4.78, 5) is 0. The number of rotatable bonds is 2. The highest BCUT2D eigenvalue weighted by atomic mass is 15.0. The maximum Gasteiger partial charge on any atom is 0.224 e. The van der Waals surface area contributed by atoms with Gasteiger partial charge in [0.1, 0.15) is 7.05 Å². The minimum atomic E-state index is 0.612. The quantitative estimate of drug-likeness (QED) is 0.159. The Bertz CT molecular complexity index is 1710. The van der Waals surface area contributed by atoms with E-state index in [-0.39, 0.29) is 0 Å². The molecular weight excluding hydrogens is 388 g/mol. The molecule has 0 spiro atoms. The Morgan fingerprint density at radius 3 is 2.28 bits per heavy atom. The minimum absolute atomic E-state index is 0.612. The molecule has 160 valence electrons. The fraction of sp³-hybridized carbons (Fsp3) is 0.300. The van der Waals surface area contributed by atoms with Gasteiger partial charge in [0, 0.05) is 16.8 Å². The van der Waals surface area contributed by atoms with Gasteiger partial charge in [-0.05, 0) is 85.4 Å². The number of aryl methyl sites for hydroxylation is 3. The molecular formula is C30H31N2+. The number of hydrogen-bond donors (Lipinski definition) is 0. The molecule has 0 radical (unpaired) electrons. The summed E-state index contributed by atoms with van der Waals surface area (Å²) in [5.74, 6) is 0.612. The van der Waals surface area contributed by atoms with Gasteiger partial charge in [0.25, 0.3) is 0 Å². The van der Waals surface area contributed by atoms with E-state index in [4.69, 9.17) is 0 Å². The average molecular weight is 420 g/mol. The van der Waals surface area contributed by atoms with Crippen molar-refractivity contribution in [1.82, 2.24) is 4.40 Å². The fourth-order valence-corrected chi connectivity index (χ4v) is 6.09. The zero-order chi connectivity index (χ0) is 22.5. The van der Waals surface area contributed by atoms with Crippen molar-refractivity contribution in [1.29, 1.82) is 0 Å². The molecule has 0 aliphatic rings. The van der Waals surface area contributed by atoms with Gasteiger partial charge in [-0.3, -0.25) is 0 Å². The predicted octanol–water partition coefficient (Wildman–Crippen LogP) is 7.25. The second-order valence-electron chi connectivity index (χ2n) is 10.2. The van der Waals surface area contributed by atoms with Crippen molar-refractivity contribution in [2.24, 2.45) is 13.0 Å². The Hall–Kier alpha value is -3.13. The Morgan fingerprint density at radius 2 is 1.53 bits per heavy atom. The van der Waals surface area contributed by atoms with E-state index in [9.17, 15) is 0 Å². The Balaban J connectivity index is 2.09. The van der Waals surface area contributed by atoms with Crippen LogP contribution >= 0.6 is 0 Å². The van der Waals surface area contributed by atoms with Gasteiger partial charge in [0.05, 0.1) is 27.3 Å². The lowest BCUT2D eigenvalue weighted by Crippen LogP contribution is -2.29. The largest absolute Gasteiger partial charge is 0.307 e. The van der Waals surface area contributed by atoms with Gasteiger partial charge in [0.15, 0.2) is 6.20 Å². The normalized spacial score (nSPS) is 12.6. The summed E-state index contributed by atoms with van der Waals surface area (Å²) in [7, 11) is 2.20. The molecule has 0 aliphatic heterocycles. The lowest BCUT2D eigenvalue weighted by molar-refractivity contribution is -0.643. The van der Waals surface area contributed by atoms with Gasteiger partial charge in [0.2, 0.25) is 5.52 Å². The second kappa shape index (κ2) is 6.45. The average Bonchev–Trinajstić information content (AvgIpc) is 3.12. The highest BCUT2D eigenvalue weighted by Gasteiger charge is 2.27. The first kappa shape index (κ1) is 19.5. The standard InChI is InChI=1S/C30H31N2/c1-16(2)14-22-15-21-12-13-31(7)29-25-19(5)17(3)18(4)20(6)28(25)32-24-11-9-8-10-23(24)26(22)30(32)27(21)29/h8-13,15-16H,14H2,1-7H3/q+1. The third kappa shape index (κ3) is 2.28. The first-order valence-corrected chi connectivity index (χ1v) is 11.8. The number of pyridine rings is 2. The second-order valence-corrected chi connectivity index (χ2v) is 10.2. The fourth-order valence-electron chi connectivity index (χ4n) is 6.09. The van der Waals surface area contributed by atoms with Gasteiger partial charge in [-0.25, -0.2) is 4.57 Å². The lowest BCUT2D eigenvalue weighted by atomic mass is 9.90. The van der Waals surface area contributed by atoms with E-state index < -0.39 is 0 Å². The summed E-state index contributed by atoms with van der Waals surface area (Å²) < 4.78 is 4.93. The van der Waals surface area contributed by atoms with Gasteiger partial charge in [-0.15, -0.1) is 0 Å².